The summed E-state index contributed by atoms with van der Waals surface area (Å²) in [5.74, 6) is 1.23. The molecule has 0 rings (SSSR count). The van der Waals surface area contributed by atoms with E-state index in [9.17, 15) is 0 Å². The summed E-state index contributed by atoms with van der Waals surface area (Å²) < 4.78 is 11.1. The Morgan fingerprint density at radius 2 is 1.25 bits per heavy atom. The van der Waals surface area contributed by atoms with Gasteiger partial charge < -0.3 is 8.85 Å². The molecule has 0 saturated heterocycles. The lowest BCUT2D eigenvalue weighted by molar-refractivity contribution is 0.168. The fraction of sp³-hybridized carbons (Fsp3) is 1.00. The Kier molecular flexibility index (Phi) is 6.71. The van der Waals surface area contributed by atoms with Gasteiger partial charge in [0, 0.05) is 13.2 Å². The Morgan fingerprint density at radius 1 is 0.917 bits per heavy atom. The van der Waals surface area contributed by atoms with Gasteiger partial charge in [-0.15, -0.1) is 0 Å². The molecule has 3 heteroatoms. The summed E-state index contributed by atoms with van der Waals surface area (Å²) in [5.41, 5.74) is 0. The van der Waals surface area contributed by atoms with Gasteiger partial charge in [-0.1, -0.05) is 27.7 Å². The van der Waals surface area contributed by atoms with Gasteiger partial charge in [-0.2, -0.15) is 0 Å². The van der Waals surface area contributed by atoms with Crippen molar-refractivity contribution in [2.75, 3.05) is 13.2 Å². The molecular formula is C9H22O2Si. The Hall–Kier alpha value is 0.137. The van der Waals surface area contributed by atoms with Crippen LogP contribution in [-0.2, 0) is 8.85 Å². The molecule has 12 heavy (non-hydrogen) atoms. The minimum atomic E-state index is -1.31. The molecule has 0 radical (unpaired) electrons. The van der Waals surface area contributed by atoms with E-state index in [-0.39, 0.29) is 0 Å². The molecule has 0 amide bonds. The van der Waals surface area contributed by atoms with Crippen molar-refractivity contribution < 1.29 is 8.85 Å². The van der Waals surface area contributed by atoms with Crippen molar-refractivity contribution in [1.82, 2.24) is 0 Å². The molecule has 0 N–H and O–H groups in total. The highest BCUT2D eigenvalue weighted by Crippen LogP contribution is 1.99. The normalized spacial score (nSPS) is 12.0. The molecule has 0 bridgehead atoms. The van der Waals surface area contributed by atoms with Crippen molar-refractivity contribution in [1.29, 1.82) is 0 Å². The second-order valence-electron chi connectivity index (χ2n) is 4.02. The molecule has 0 aliphatic carbocycles. The van der Waals surface area contributed by atoms with E-state index in [0.717, 1.165) is 13.2 Å². The minimum Gasteiger partial charge on any atom is -0.396 e. The molecule has 0 aromatic carbocycles. The second-order valence-corrected chi connectivity index (χ2v) is 5.82. The second kappa shape index (κ2) is 6.63. The van der Waals surface area contributed by atoms with Gasteiger partial charge in [0.05, 0.1) is 0 Å². The predicted octanol–water partition coefficient (Wildman–Crippen LogP) is 2.18. The molecule has 0 aliphatic rings. The summed E-state index contributed by atoms with van der Waals surface area (Å²) in [6.07, 6.45) is 0. The van der Waals surface area contributed by atoms with E-state index < -0.39 is 9.28 Å². The predicted molar refractivity (Wildman–Crippen MR) is 54.6 cm³/mol. The van der Waals surface area contributed by atoms with Gasteiger partial charge in [0.2, 0.25) is 0 Å². The molecule has 0 aromatic rings. The van der Waals surface area contributed by atoms with Crippen molar-refractivity contribution in [3.8, 4) is 0 Å². The van der Waals surface area contributed by atoms with Crippen LogP contribution in [0.3, 0.4) is 0 Å². The average molecular weight is 190 g/mol. The highest BCUT2D eigenvalue weighted by atomic mass is 28.3. The fourth-order valence-electron chi connectivity index (χ4n) is 0.704. The van der Waals surface area contributed by atoms with Crippen molar-refractivity contribution in [3.63, 3.8) is 0 Å². The first-order chi connectivity index (χ1) is 5.52. The molecular weight excluding hydrogens is 168 g/mol. The maximum atomic E-state index is 5.57. The minimum absolute atomic E-state index is 0.614. The first-order valence-corrected chi connectivity index (χ1v) is 6.85. The average Bonchev–Trinajstić information content (AvgIpc) is 1.96. The van der Waals surface area contributed by atoms with Gasteiger partial charge in [0.25, 0.3) is 0 Å². The SMILES string of the molecule is CC(C)CO[SiH](C)OCC(C)C. The molecule has 2 nitrogen and oxygen atoms in total. The summed E-state index contributed by atoms with van der Waals surface area (Å²) in [6, 6.07) is 0. The standard InChI is InChI=1S/C9H22O2Si/c1-8(2)6-10-12(5)11-7-9(3)4/h8-9,12H,6-7H2,1-5H3. The van der Waals surface area contributed by atoms with Gasteiger partial charge >= 0.3 is 9.28 Å². The Bertz CT molecular complexity index is 92.7. The summed E-state index contributed by atoms with van der Waals surface area (Å²) in [7, 11) is -1.31. The largest absolute Gasteiger partial charge is 0.396 e. The smallest absolute Gasteiger partial charge is 0.318 e. The van der Waals surface area contributed by atoms with Crippen molar-refractivity contribution in [3.05, 3.63) is 0 Å². The van der Waals surface area contributed by atoms with E-state index in [1.807, 2.05) is 0 Å². The summed E-state index contributed by atoms with van der Waals surface area (Å²) in [6.45, 7) is 12.4. The molecule has 0 heterocycles. The zero-order valence-electron chi connectivity index (χ0n) is 8.96. The molecule has 0 saturated carbocycles. The van der Waals surface area contributed by atoms with Crippen LogP contribution in [0.2, 0.25) is 6.55 Å². The summed E-state index contributed by atoms with van der Waals surface area (Å²) >= 11 is 0. The summed E-state index contributed by atoms with van der Waals surface area (Å²) in [4.78, 5) is 0. The van der Waals surface area contributed by atoms with Crippen LogP contribution in [-0.4, -0.2) is 22.5 Å². The van der Waals surface area contributed by atoms with Crippen LogP contribution in [0.4, 0.5) is 0 Å². The van der Waals surface area contributed by atoms with Gasteiger partial charge in [-0.3, -0.25) is 0 Å². The summed E-state index contributed by atoms with van der Waals surface area (Å²) in [5, 5.41) is 0. The molecule has 0 atom stereocenters. The lowest BCUT2D eigenvalue weighted by atomic mass is 10.2. The van der Waals surface area contributed by atoms with Crippen LogP contribution in [0.1, 0.15) is 27.7 Å². The third-order valence-electron chi connectivity index (χ3n) is 1.33. The topological polar surface area (TPSA) is 18.5 Å². The maximum absolute atomic E-state index is 5.57. The van der Waals surface area contributed by atoms with E-state index in [1.165, 1.54) is 0 Å². The molecule has 0 fully saturated rings. The maximum Gasteiger partial charge on any atom is 0.318 e. The Balaban J connectivity index is 3.27. The molecule has 0 aromatic heterocycles. The van der Waals surface area contributed by atoms with Gasteiger partial charge in [0.1, 0.15) is 0 Å². The highest BCUT2D eigenvalue weighted by Gasteiger charge is 2.07. The molecule has 0 unspecified atom stereocenters. The van der Waals surface area contributed by atoms with Crippen LogP contribution in [0.5, 0.6) is 0 Å². The third-order valence-corrected chi connectivity index (χ3v) is 2.65. The van der Waals surface area contributed by atoms with E-state index in [4.69, 9.17) is 8.85 Å². The lowest BCUT2D eigenvalue weighted by Gasteiger charge is -2.15. The molecule has 74 valence electrons. The van der Waals surface area contributed by atoms with Gasteiger partial charge in [-0.25, -0.2) is 0 Å². The van der Waals surface area contributed by atoms with Gasteiger partial charge in [-0.05, 0) is 18.4 Å². The number of hydrogen-bond acceptors (Lipinski definition) is 2. The van der Waals surface area contributed by atoms with Crippen molar-refractivity contribution in [2.45, 2.75) is 34.2 Å². The van der Waals surface area contributed by atoms with Crippen LogP contribution in [0.25, 0.3) is 0 Å². The highest BCUT2D eigenvalue weighted by molar-refractivity contribution is 6.42. The Labute approximate surface area is 78.1 Å². The number of hydrogen-bond donors (Lipinski definition) is 0. The van der Waals surface area contributed by atoms with Gasteiger partial charge in [0.15, 0.2) is 0 Å². The van der Waals surface area contributed by atoms with E-state index in [2.05, 4.69) is 34.2 Å². The lowest BCUT2D eigenvalue weighted by Crippen LogP contribution is -2.23. The molecule has 0 aliphatic heterocycles. The monoisotopic (exact) mass is 190 g/mol. The fourth-order valence-corrected chi connectivity index (χ4v) is 2.11. The van der Waals surface area contributed by atoms with Crippen LogP contribution in [0.15, 0.2) is 0 Å². The van der Waals surface area contributed by atoms with E-state index in [1.54, 1.807) is 0 Å². The zero-order chi connectivity index (χ0) is 9.56. The van der Waals surface area contributed by atoms with Crippen LogP contribution in [0, 0.1) is 11.8 Å². The first kappa shape index (κ1) is 12.1. The quantitative estimate of drug-likeness (QED) is 0.598. The van der Waals surface area contributed by atoms with Crippen molar-refractivity contribution in [2.24, 2.45) is 11.8 Å². The van der Waals surface area contributed by atoms with Crippen LogP contribution < -0.4 is 0 Å². The Morgan fingerprint density at radius 3 is 1.50 bits per heavy atom. The van der Waals surface area contributed by atoms with E-state index >= 15 is 0 Å². The van der Waals surface area contributed by atoms with E-state index in [0.29, 0.717) is 11.8 Å². The van der Waals surface area contributed by atoms with Crippen LogP contribution >= 0.6 is 0 Å². The van der Waals surface area contributed by atoms with Crippen molar-refractivity contribution >= 4 is 9.28 Å². The first-order valence-electron chi connectivity index (χ1n) is 4.75. The zero-order valence-corrected chi connectivity index (χ0v) is 10.1. The molecule has 0 spiro atoms. The number of rotatable bonds is 6. The third kappa shape index (κ3) is 8.24.